The highest BCUT2D eigenvalue weighted by Crippen LogP contribution is 2.27. The molecule has 1 fully saturated rings. The summed E-state index contributed by atoms with van der Waals surface area (Å²) in [6, 6.07) is 19.9. The van der Waals surface area contributed by atoms with E-state index in [-0.39, 0.29) is 16.7 Å². The maximum absolute atomic E-state index is 15.0. The Balaban J connectivity index is 1.62. The molecule has 3 aromatic rings. The lowest BCUT2D eigenvalue weighted by atomic mass is 10.0. The summed E-state index contributed by atoms with van der Waals surface area (Å²) in [5.74, 6) is -2.33. The van der Waals surface area contributed by atoms with Crippen LogP contribution in [0.5, 0.6) is 0 Å². The highest BCUT2D eigenvalue weighted by Gasteiger charge is 2.48. The first kappa shape index (κ1) is 26.0. The number of carbonyl (C=O) groups is 3. The number of hydrogen-bond donors (Lipinski definition) is 0. The minimum absolute atomic E-state index is 0.190. The zero-order chi connectivity index (χ0) is 26.5. The number of hydrogen-bond acceptors (Lipinski definition) is 7. The Morgan fingerprint density at radius 3 is 1.51 bits per heavy atom. The molecular weight excluding hydrogens is 479 g/mol. The number of alkyl halides is 1. The van der Waals surface area contributed by atoms with Crippen LogP contribution in [0, 0.1) is 20.8 Å². The fraction of sp³-hybridized carbons (Fsp3) is 0.276. The summed E-state index contributed by atoms with van der Waals surface area (Å²) >= 11 is 0. The fourth-order valence-corrected chi connectivity index (χ4v) is 4.01. The van der Waals surface area contributed by atoms with Crippen molar-refractivity contribution < 1.29 is 37.7 Å². The number of halogens is 1. The van der Waals surface area contributed by atoms with Gasteiger partial charge in [-0.05, 0) is 57.2 Å². The van der Waals surface area contributed by atoms with Gasteiger partial charge in [0.1, 0.15) is 0 Å². The summed E-state index contributed by atoms with van der Waals surface area (Å²) in [5, 5.41) is 0. The Morgan fingerprint density at radius 2 is 1.08 bits per heavy atom. The average molecular weight is 507 g/mol. The predicted molar refractivity (Wildman–Crippen MR) is 132 cm³/mol. The first-order chi connectivity index (χ1) is 17.7. The third-order valence-electron chi connectivity index (χ3n) is 5.87. The second kappa shape index (κ2) is 11.3. The van der Waals surface area contributed by atoms with Gasteiger partial charge in [0, 0.05) is 0 Å². The van der Waals surface area contributed by atoms with Crippen molar-refractivity contribution >= 4 is 17.9 Å². The molecule has 7 nitrogen and oxygen atoms in total. The molecule has 0 spiro atoms. The lowest BCUT2D eigenvalue weighted by Gasteiger charge is -2.37. The summed E-state index contributed by atoms with van der Waals surface area (Å²) in [7, 11) is 0. The van der Waals surface area contributed by atoms with Crippen LogP contribution >= 0.6 is 0 Å². The van der Waals surface area contributed by atoms with Gasteiger partial charge in [-0.15, -0.1) is 0 Å². The van der Waals surface area contributed by atoms with Crippen molar-refractivity contribution in [3.8, 4) is 0 Å². The number of aryl methyl sites for hydroxylation is 3. The topological polar surface area (TPSA) is 88.1 Å². The first-order valence-corrected chi connectivity index (χ1v) is 11.8. The van der Waals surface area contributed by atoms with Gasteiger partial charge >= 0.3 is 17.9 Å². The van der Waals surface area contributed by atoms with Crippen LogP contribution in [0.25, 0.3) is 0 Å². The van der Waals surface area contributed by atoms with Gasteiger partial charge in [0.05, 0.1) is 23.3 Å². The van der Waals surface area contributed by atoms with Crippen LogP contribution in [-0.2, 0) is 18.9 Å². The molecule has 0 aliphatic carbocycles. The molecule has 0 N–H and O–H groups in total. The van der Waals surface area contributed by atoms with Gasteiger partial charge in [-0.3, -0.25) is 0 Å². The third-order valence-corrected chi connectivity index (χ3v) is 5.87. The van der Waals surface area contributed by atoms with Crippen LogP contribution in [0.15, 0.2) is 72.8 Å². The summed E-state index contributed by atoms with van der Waals surface area (Å²) < 4.78 is 36.8. The molecule has 3 aromatic carbocycles. The number of ether oxygens (including phenoxy) is 4. The molecule has 0 saturated carbocycles. The quantitative estimate of drug-likeness (QED) is 0.347. The highest BCUT2D eigenvalue weighted by atomic mass is 19.1. The van der Waals surface area contributed by atoms with Crippen molar-refractivity contribution in [3.05, 3.63) is 106 Å². The van der Waals surface area contributed by atoms with Crippen LogP contribution in [0.3, 0.4) is 0 Å². The molecular formula is C29H27FO7. The smallest absolute Gasteiger partial charge is 0.338 e. The Hall–Kier alpha value is -4.04. The first-order valence-electron chi connectivity index (χ1n) is 11.8. The Labute approximate surface area is 214 Å². The van der Waals surface area contributed by atoms with Gasteiger partial charge in [-0.2, -0.15) is 0 Å². The van der Waals surface area contributed by atoms with E-state index in [0.29, 0.717) is 0 Å². The Bertz CT molecular complexity index is 1300. The van der Waals surface area contributed by atoms with Gasteiger partial charge in [0.15, 0.2) is 18.3 Å². The lowest BCUT2D eigenvalue weighted by molar-refractivity contribution is -0.225. The molecule has 37 heavy (non-hydrogen) atoms. The molecule has 4 rings (SSSR count). The van der Waals surface area contributed by atoms with Crippen LogP contribution in [0.4, 0.5) is 4.39 Å². The molecule has 1 heterocycles. The van der Waals surface area contributed by atoms with Crippen LogP contribution < -0.4 is 0 Å². The molecule has 4 atom stereocenters. The van der Waals surface area contributed by atoms with Gasteiger partial charge in [-0.25, -0.2) is 18.8 Å². The van der Waals surface area contributed by atoms with Crippen LogP contribution in [0.1, 0.15) is 47.8 Å². The van der Waals surface area contributed by atoms with E-state index in [2.05, 4.69) is 0 Å². The van der Waals surface area contributed by atoms with Gasteiger partial charge in [0.25, 0.3) is 0 Å². The molecule has 192 valence electrons. The molecule has 8 heteroatoms. The van der Waals surface area contributed by atoms with Crippen molar-refractivity contribution in [3.63, 3.8) is 0 Å². The Kier molecular flexibility index (Phi) is 7.98. The molecule has 0 radical (unpaired) electrons. The van der Waals surface area contributed by atoms with Gasteiger partial charge < -0.3 is 18.9 Å². The van der Waals surface area contributed by atoms with Crippen molar-refractivity contribution in [2.24, 2.45) is 0 Å². The monoisotopic (exact) mass is 506 g/mol. The maximum Gasteiger partial charge on any atom is 0.338 e. The summed E-state index contributed by atoms with van der Waals surface area (Å²) in [6.45, 7) is 5.03. The van der Waals surface area contributed by atoms with Crippen LogP contribution in [0.2, 0.25) is 0 Å². The summed E-state index contributed by atoms with van der Waals surface area (Å²) in [5.41, 5.74) is 3.13. The van der Waals surface area contributed by atoms with Crippen molar-refractivity contribution in [2.45, 2.75) is 45.4 Å². The van der Waals surface area contributed by atoms with Crippen molar-refractivity contribution in [1.29, 1.82) is 0 Å². The minimum atomic E-state index is -2.11. The van der Waals surface area contributed by atoms with E-state index in [0.717, 1.165) is 16.7 Å². The standard InChI is InChI=1S/C29H27FO7/c1-17-7-4-10-20(13-17)27(31)35-23-16-34-26(30)25(37-29(33)22-12-6-9-19(3)15-22)24(23)36-28(32)21-11-5-8-18(2)14-21/h4-15,23-26H,16H2,1-3H3/t23-,24+,25-,26?/m1/s1. The maximum atomic E-state index is 15.0. The van der Waals surface area contributed by atoms with E-state index in [1.165, 1.54) is 6.07 Å². The summed E-state index contributed by atoms with van der Waals surface area (Å²) in [6.07, 6.45) is -6.48. The second-order valence-corrected chi connectivity index (χ2v) is 8.98. The summed E-state index contributed by atoms with van der Waals surface area (Å²) in [4.78, 5) is 38.7. The number of rotatable bonds is 6. The molecule has 1 saturated heterocycles. The average Bonchev–Trinajstić information content (AvgIpc) is 2.87. The number of carbonyl (C=O) groups excluding carboxylic acids is 3. The normalized spacial score (nSPS) is 21.1. The van der Waals surface area contributed by atoms with Crippen molar-refractivity contribution in [2.75, 3.05) is 6.61 Å². The molecule has 0 bridgehead atoms. The van der Waals surface area contributed by atoms with E-state index in [1.807, 2.05) is 26.0 Å². The van der Waals surface area contributed by atoms with Gasteiger partial charge in [0.2, 0.25) is 6.36 Å². The zero-order valence-corrected chi connectivity index (χ0v) is 20.7. The molecule has 1 aliphatic rings. The predicted octanol–water partition coefficient (Wildman–Crippen LogP) is 4.91. The van der Waals surface area contributed by atoms with Gasteiger partial charge in [-0.1, -0.05) is 53.1 Å². The van der Waals surface area contributed by atoms with Crippen molar-refractivity contribution in [1.82, 2.24) is 0 Å². The lowest BCUT2D eigenvalue weighted by Crippen LogP contribution is -2.56. The zero-order valence-electron chi connectivity index (χ0n) is 20.7. The van der Waals surface area contributed by atoms with E-state index in [9.17, 15) is 14.4 Å². The van der Waals surface area contributed by atoms with E-state index in [4.69, 9.17) is 18.9 Å². The highest BCUT2D eigenvalue weighted by molar-refractivity contribution is 5.91. The minimum Gasteiger partial charge on any atom is -0.452 e. The van der Waals surface area contributed by atoms with E-state index >= 15 is 4.39 Å². The second-order valence-electron chi connectivity index (χ2n) is 8.98. The molecule has 0 amide bonds. The molecule has 1 aliphatic heterocycles. The number of benzene rings is 3. The SMILES string of the molecule is Cc1cccc(C(=O)O[C@H]2[C@H](OC(=O)c3cccc(C)c3)COC(F)[C@@H]2OC(=O)c2cccc(C)c2)c1. The van der Waals surface area contributed by atoms with E-state index < -0.39 is 49.2 Å². The molecule has 1 unspecified atom stereocenters. The fourth-order valence-electron chi connectivity index (χ4n) is 4.01. The largest absolute Gasteiger partial charge is 0.452 e. The molecule has 0 aromatic heterocycles. The van der Waals surface area contributed by atoms with E-state index in [1.54, 1.807) is 61.5 Å². The Morgan fingerprint density at radius 1 is 0.676 bits per heavy atom. The van der Waals surface area contributed by atoms with Crippen LogP contribution in [-0.4, -0.2) is 49.2 Å². The number of esters is 3. The third kappa shape index (κ3) is 6.40.